The van der Waals surface area contributed by atoms with Gasteiger partial charge in [-0.1, -0.05) is 30.3 Å². The Labute approximate surface area is 95.0 Å². The van der Waals surface area contributed by atoms with Crippen LogP contribution >= 0.6 is 0 Å². The molecule has 0 aromatic heterocycles. The lowest BCUT2D eigenvalue weighted by atomic mass is 10.2. The molecular formula is C12H17NO3. The molecule has 1 aromatic carbocycles. The molecule has 1 rings (SSSR count). The molecule has 0 spiro atoms. The number of ether oxygens (including phenoxy) is 1. The fourth-order valence-corrected chi connectivity index (χ4v) is 1.29. The van der Waals surface area contributed by atoms with Gasteiger partial charge in [-0.05, 0) is 18.4 Å². The Bertz CT molecular complexity index is 313. The normalized spacial score (nSPS) is 12.3. The second-order valence-electron chi connectivity index (χ2n) is 3.63. The SMILES string of the molecule is N[C@H](CCCOCc1ccccc1)C(=O)O. The van der Waals surface area contributed by atoms with Crippen LogP contribution in [0.25, 0.3) is 0 Å². The molecule has 0 saturated heterocycles. The molecule has 0 heterocycles. The first kappa shape index (κ1) is 12.7. The first-order valence-electron chi connectivity index (χ1n) is 5.30. The summed E-state index contributed by atoms with van der Waals surface area (Å²) in [7, 11) is 0. The maximum Gasteiger partial charge on any atom is 0.320 e. The van der Waals surface area contributed by atoms with Gasteiger partial charge in [-0.2, -0.15) is 0 Å². The van der Waals surface area contributed by atoms with Crippen molar-refractivity contribution in [3.63, 3.8) is 0 Å². The zero-order valence-electron chi connectivity index (χ0n) is 9.13. The standard InChI is InChI=1S/C12H17NO3/c13-11(12(14)15)7-4-8-16-9-10-5-2-1-3-6-10/h1-3,5-6,11H,4,7-9,13H2,(H,14,15)/t11-/m1/s1. The zero-order valence-corrected chi connectivity index (χ0v) is 9.13. The van der Waals surface area contributed by atoms with E-state index >= 15 is 0 Å². The van der Waals surface area contributed by atoms with Crippen LogP contribution in [0.5, 0.6) is 0 Å². The van der Waals surface area contributed by atoms with Crippen molar-refractivity contribution in [1.29, 1.82) is 0 Å². The van der Waals surface area contributed by atoms with Gasteiger partial charge in [-0.15, -0.1) is 0 Å². The topological polar surface area (TPSA) is 72.5 Å². The van der Waals surface area contributed by atoms with Crippen molar-refractivity contribution in [2.45, 2.75) is 25.5 Å². The zero-order chi connectivity index (χ0) is 11.8. The highest BCUT2D eigenvalue weighted by Crippen LogP contribution is 2.02. The molecule has 0 aliphatic heterocycles. The van der Waals surface area contributed by atoms with Crippen LogP contribution in [0.1, 0.15) is 18.4 Å². The molecule has 0 radical (unpaired) electrons. The lowest BCUT2D eigenvalue weighted by Gasteiger charge is -2.06. The third kappa shape index (κ3) is 4.91. The van der Waals surface area contributed by atoms with Gasteiger partial charge in [0.1, 0.15) is 6.04 Å². The molecule has 0 saturated carbocycles. The van der Waals surface area contributed by atoms with Crippen molar-refractivity contribution in [3.8, 4) is 0 Å². The molecule has 1 aromatic rings. The van der Waals surface area contributed by atoms with Gasteiger partial charge in [-0.25, -0.2) is 0 Å². The quantitative estimate of drug-likeness (QED) is 0.685. The van der Waals surface area contributed by atoms with Gasteiger partial charge in [0.25, 0.3) is 0 Å². The molecule has 1 atom stereocenters. The summed E-state index contributed by atoms with van der Waals surface area (Å²) in [6.07, 6.45) is 1.12. The number of carboxylic acids is 1. The molecule has 4 heteroatoms. The largest absolute Gasteiger partial charge is 0.480 e. The van der Waals surface area contributed by atoms with Crippen molar-refractivity contribution in [2.24, 2.45) is 5.73 Å². The van der Waals surface area contributed by atoms with Gasteiger partial charge in [-0.3, -0.25) is 4.79 Å². The Morgan fingerprint density at radius 1 is 1.38 bits per heavy atom. The summed E-state index contributed by atoms with van der Waals surface area (Å²) in [5, 5.41) is 8.55. The van der Waals surface area contributed by atoms with E-state index in [4.69, 9.17) is 15.6 Å². The maximum atomic E-state index is 10.4. The average Bonchev–Trinajstić information content (AvgIpc) is 2.29. The molecule has 0 bridgehead atoms. The first-order valence-corrected chi connectivity index (χ1v) is 5.30. The van der Waals surface area contributed by atoms with Gasteiger partial charge in [0.05, 0.1) is 6.61 Å². The minimum absolute atomic E-state index is 0.449. The van der Waals surface area contributed by atoms with Crippen molar-refractivity contribution < 1.29 is 14.6 Å². The number of hydrogen-bond acceptors (Lipinski definition) is 3. The third-order valence-electron chi connectivity index (χ3n) is 2.23. The van der Waals surface area contributed by atoms with Crippen LogP contribution in [-0.4, -0.2) is 23.7 Å². The molecule has 0 fully saturated rings. The maximum absolute atomic E-state index is 10.4. The van der Waals surface area contributed by atoms with Crippen molar-refractivity contribution >= 4 is 5.97 Å². The lowest BCUT2D eigenvalue weighted by Crippen LogP contribution is -2.30. The molecule has 0 unspecified atom stereocenters. The summed E-state index contributed by atoms with van der Waals surface area (Å²) < 4.78 is 5.40. The molecule has 4 nitrogen and oxygen atoms in total. The Morgan fingerprint density at radius 2 is 2.06 bits per heavy atom. The fraction of sp³-hybridized carbons (Fsp3) is 0.417. The van der Waals surface area contributed by atoms with Crippen LogP contribution in [-0.2, 0) is 16.1 Å². The van der Waals surface area contributed by atoms with Crippen LogP contribution in [0.4, 0.5) is 0 Å². The molecule has 0 aliphatic carbocycles. The Morgan fingerprint density at radius 3 is 2.69 bits per heavy atom. The number of aliphatic carboxylic acids is 1. The van der Waals surface area contributed by atoms with E-state index in [0.717, 1.165) is 5.56 Å². The van der Waals surface area contributed by atoms with E-state index in [0.29, 0.717) is 26.1 Å². The predicted octanol–water partition coefficient (Wildman–Crippen LogP) is 1.40. The summed E-state index contributed by atoms with van der Waals surface area (Å²) in [4.78, 5) is 10.4. The van der Waals surface area contributed by atoms with Crippen molar-refractivity contribution in [1.82, 2.24) is 0 Å². The minimum Gasteiger partial charge on any atom is -0.480 e. The molecule has 3 N–H and O–H groups in total. The highest BCUT2D eigenvalue weighted by Gasteiger charge is 2.09. The van der Waals surface area contributed by atoms with Gasteiger partial charge >= 0.3 is 5.97 Å². The Balaban J connectivity index is 2.07. The summed E-state index contributed by atoms with van der Waals surface area (Å²) in [6, 6.07) is 9.07. The molecule has 16 heavy (non-hydrogen) atoms. The highest BCUT2D eigenvalue weighted by molar-refractivity contribution is 5.72. The Kier molecular flexibility index (Phi) is 5.53. The lowest BCUT2D eigenvalue weighted by molar-refractivity contribution is -0.138. The summed E-state index contributed by atoms with van der Waals surface area (Å²) in [5.74, 6) is -0.956. The summed E-state index contributed by atoms with van der Waals surface area (Å²) in [5.41, 5.74) is 6.47. The first-order chi connectivity index (χ1) is 7.70. The molecule has 0 amide bonds. The molecule has 0 aliphatic rings. The number of nitrogens with two attached hydrogens (primary N) is 1. The highest BCUT2D eigenvalue weighted by atomic mass is 16.5. The smallest absolute Gasteiger partial charge is 0.320 e. The summed E-state index contributed by atoms with van der Waals surface area (Å²) >= 11 is 0. The number of carboxylic acid groups (broad SMARTS) is 1. The van der Waals surface area contributed by atoms with Crippen LogP contribution < -0.4 is 5.73 Å². The molecule has 88 valence electrons. The number of carbonyl (C=O) groups is 1. The number of hydrogen-bond donors (Lipinski definition) is 2. The van der Waals surface area contributed by atoms with E-state index in [-0.39, 0.29) is 0 Å². The average molecular weight is 223 g/mol. The molecular weight excluding hydrogens is 206 g/mol. The van der Waals surface area contributed by atoms with Crippen molar-refractivity contribution in [3.05, 3.63) is 35.9 Å². The number of benzene rings is 1. The van der Waals surface area contributed by atoms with E-state index in [1.807, 2.05) is 30.3 Å². The van der Waals surface area contributed by atoms with E-state index in [9.17, 15) is 4.79 Å². The second-order valence-corrected chi connectivity index (χ2v) is 3.63. The van der Waals surface area contributed by atoms with Crippen LogP contribution in [0.2, 0.25) is 0 Å². The Hall–Kier alpha value is -1.39. The predicted molar refractivity (Wildman–Crippen MR) is 60.9 cm³/mol. The van der Waals surface area contributed by atoms with Gasteiger partial charge in [0.15, 0.2) is 0 Å². The van der Waals surface area contributed by atoms with E-state index in [1.54, 1.807) is 0 Å². The van der Waals surface area contributed by atoms with Gasteiger partial charge in [0, 0.05) is 6.61 Å². The second kappa shape index (κ2) is 6.98. The van der Waals surface area contributed by atoms with E-state index in [2.05, 4.69) is 0 Å². The fourth-order valence-electron chi connectivity index (χ4n) is 1.29. The van der Waals surface area contributed by atoms with Crippen LogP contribution in [0.3, 0.4) is 0 Å². The monoisotopic (exact) mass is 223 g/mol. The van der Waals surface area contributed by atoms with Crippen LogP contribution in [0.15, 0.2) is 30.3 Å². The summed E-state index contributed by atoms with van der Waals surface area (Å²) in [6.45, 7) is 1.10. The van der Waals surface area contributed by atoms with E-state index < -0.39 is 12.0 Å². The van der Waals surface area contributed by atoms with Gasteiger partial charge < -0.3 is 15.6 Å². The minimum atomic E-state index is -0.956. The van der Waals surface area contributed by atoms with E-state index in [1.165, 1.54) is 0 Å². The van der Waals surface area contributed by atoms with Crippen LogP contribution in [0, 0.1) is 0 Å². The van der Waals surface area contributed by atoms with Crippen molar-refractivity contribution in [2.75, 3.05) is 6.61 Å². The van der Waals surface area contributed by atoms with Gasteiger partial charge in [0.2, 0.25) is 0 Å². The third-order valence-corrected chi connectivity index (χ3v) is 2.23. The number of rotatable bonds is 7.